The highest BCUT2D eigenvalue weighted by Gasteiger charge is 2.32. The first-order valence-electron chi connectivity index (χ1n) is 8.37. The predicted octanol–water partition coefficient (Wildman–Crippen LogP) is 4.23. The van der Waals surface area contributed by atoms with Crippen LogP contribution in [-0.4, -0.2) is 30.1 Å². The Labute approximate surface area is 172 Å². The monoisotopic (exact) mass is 445 g/mol. The molecule has 1 heterocycles. The fourth-order valence-corrected chi connectivity index (χ4v) is 3.49. The van der Waals surface area contributed by atoms with Gasteiger partial charge in [-0.3, -0.25) is 4.79 Å². The van der Waals surface area contributed by atoms with E-state index >= 15 is 0 Å². The van der Waals surface area contributed by atoms with Gasteiger partial charge in [0.1, 0.15) is 5.75 Å². The normalized spacial score (nSPS) is 16.8. The molecule has 27 heavy (non-hydrogen) atoms. The zero-order valence-electron chi connectivity index (χ0n) is 15.2. The average Bonchev–Trinajstić information content (AvgIpc) is 2.66. The van der Waals surface area contributed by atoms with Crippen molar-refractivity contribution in [1.29, 1.82) is 0 Å². The van der Waals surface area contributed by atoms with Crippen molar-refractivity contribution in [2.24, 2.45) is 0 Å². The fraction of sp³-hybridized carbons (Fsp3) is 0.200. The van der Waals surface area contributed by atoms with Crippen LogP contribution in [0.15, 0.2) is 64.3 Å². The number of thiocarbonyl (C=S) groups is 1. The van der Waals surface area contributed by atoms with E-state index in [-0.39, 0.29) is 11.9 Å². The molecule has 1 aliphatic heterocycles. The van der Waals surface area contributed by atoms with Crippen LogP contribution in [0.3, 0.4) is 0 Å². The molecule has 2 N–H and O–H groups in total. The molecular formula is C20H20BrN3O2S. The number of nitrogens with zero attached hydrogens (tertiary/aromatic N) is 1. The smallest absolute Gasteiger partial charge is 0.255 e. The van der Waals surface area contributed by atoms with Crippen LogP contribution in [0.25, 0.3) is 0 Å². The Balaban J connectivity index is 2.00. The average molecular weight is 446 g/mol. The molecule has 1 atom stereocenters. The fourth-order valence-electron chi connectivity index (χ4n) is 2.97. The Bertz CT molecular complexity index is 912. The van der Waals surface area contributed by atoms with Gasteiger partial charge in [0.2, 0.25) is 0 Å². The van der Waals surface area contributed by atoms with Gasteiger partial charge in [-0.2, -0.15) is 0 Å². The summed E-state index contributed by atoms with van der Waals surface area (Å²) in [5, 5.41) is 6.81. The summed E-state index contributed by atoms with van der Waals surface area (Å²) in [6, 6.07) is 14.8. The number of rotatable bonds is 4. The van der Waals surface area contributed by atoms with Gasteiger partial charge < -0.3 is 20.3 Å². The van der Waals surface area contributed by atoms with Crippen molar-refractivity contribution < 1.29 is 9.53 Å². The standard InChI is InChI=1S/C20H20BrN3O2S/c1-12-17(19(25)22-15-6-4-5-7-16(15)26-3)18(23-20(27)24(12)2)13-8-10-14(21)11-9-13/h4-11,18H,1-3H3,(H,22,25)(H,23,27). The zero-order valence-corrected chi connectivity index (χ0v) is 17.6. The molecular weight excluding hydrogens is 426 g/mol. The van der Waals surface area contributed by atoms with E-state index < -0.39 is 0 Å². The molecule has 2 aromatic rings. The molecule has 0 aliphatic carbocycles. The van der Waals surface area contributed by atoms with Crippen LogP contribution in [-0.2, 0) is 4.79 Å². The zero-order chi connectivity index (χ0) is 19.6. The maximum atomic E-state index is 13.2. The van der Waals surface area contributed by atoms with E-state index in [4.69, 9.17) is 17.0 Å². The molecule has 0 saturated carbocycles. The molecule has 2 aromatic carbocycles. The van der Waals surface area contributed by atoms with Gasteiger partial charge in [-0.05, 0) is 49.0 Å². The van der Waals surface area contributed by atoms with Crippen molar-refractivity contribution in [3.8, 4) is 5.75 Å². The Kier molecular flexibility index (Phi) is 5.82. The number of hydrogen-bond acceptors (Lipinski definition) is 3. The number of para-hydroxylation sites is 2. The van der Waals surface area contributed by atoms with Gasteiger partial charge in [0.25, 0.3) is 5.91 Å². The second kappa shape index (κ2) is 8.10. The number of carbonyl (C=O) groups is 1. The molecule has 5 nitrogen and oxygen atoms in total. The maximum absolute atomic E-state index is 13.2. The summed E-state index contributed by atoms with van der Waals surface area (Å²) >= 11 is 8.88. The third-order valence-corrected chi connectivity index (χ3v) is 5.48. The van der Waals surface area contributed by atoms with Crippen LogP contribution in [0.1, 0.15) is 18.5 Å². The van der Waals surface area contributed by atoms with Gasteiger partial charge in [0.15, 0.2) is 5.11 Å². The van der Waals surface area contributed by atoms with Crippen LogP contribution < -0.4 is 15.4 Å². The second-order valence-corrected chi connectivity index (χ2v) is 7.45. The number of anilines is 1. The first-order chi connectivity index (χ1) is 12.9. The van der Waals surface area contributed by atoms with E-state index in [1.807, 2.05) is 67.4 Å². The SMILES string of the molecule is COc1ccccc1NC(=O)C1=C(C)N(C)C(=S)NC1c1ccc(Br)cc1. The number of hydrogen-bond donors (Lipinski definition) is 2. The summed E-state index contributed by atoms with van der Waals surface area (Å²) in [7, 11) is 3.42. The number of benzene rings is 2. The van der Waals surface area contributed by atoms with Crippen molar-refractivity contribution >= 4 is 44.9 Å². The largest absolute Gasteiger partial charge is 0.495 e. The quantitative estimate of drug-likeness (QED) is 0.689. The van der Waals surface area contributed by atoms with E-state index in [1.165, 1.54) is 0 Å². The van der Waals surface area contributed by atoms with E-state index in [1.54, 1.807) is 7.11 Å². The highest BCUT2D eigenvalue weighted by molar-refractivity contribution is 9.10. The lowest BCUT2D eigenvalue weighted by atomic mass is 9.94. The molecule has 1 amide bonds. The maximum Gasteiger partial charge on any atom is 0.255 e. The molecule has 0 aromatic heterocycles. The topological polar surface area (TPSA) is 53.6 Å². The van der Waals surface area contributed by atoms with Crippen molar-refractivity contribution in [1.82, 2.24) is 10.2 Å². The van der Waals surface area contributed by atoms with Crippen LogP contribution in [0.4, 0.5) is 5.69 Å². The first-order valence-corrected chi connectivity index (χ1v) is 9.57. The summed E-state index contributed by atoms with van der Waals surface area (Å²) in [4.78, 5) is 15.0. The van der Waals surface area contributed by atoms with Gasteiger partial charge in [0.05, 0.1) is 24.4 Å². The number of ether oxygens (including phenoxy) is 1. The van der Waals surface area contributed by atoms with Crippen molar-refractivity contribution in [2.75, 3.05) is 19.5 Å². The molecule has 3 rings (SSSR count). The number of methoxy groups -OCH3 is 1. The predicted molar refractivity (Wildman–Crippen MR) is 115 cm³/mol. The van der Waals surface area contributed by atoms with E-state index in [0.717, 1.165) is 15.7 Å². The van der Waals surface area contributed by atoms with Crippen molar-refractivity contribution in [3.05, 3.63) is 69.8 Å². The minimum absolute atomic E-state index is 0.202. The molecule has 0 fully saturated rings. The molecule has 7 heteroatoms. The van der Waals surface area contributed by atoms with Gasteiger partial charge in [-0.25, -0.2) is 0 Å². The Hall–Kier alpha value is -2.38. The van der Waals surface area contributed by atoms with Crippen LogP contribution in [0.2, 0.25) is 0 Å². The Morgan fingerprint density at radius 2 is 1.89 bits per heavy atom. The lowest BCUT2D eigenvalue weighted by Crippen LogP contribution is -2.46. The summed E-state index contributed by atoms with van der Waals surface area (Å²) in [5.41, 5.74) is 2.99. The van der Waals surface area contributed by atoms with Gasteiger partial charge in [-0.1, -0.05) is 40.2 Å². The highest BCUT2D eigenvalue weighted by atomic mass is 79.9. The molecule has 1 aliphatic rings. The summed E-state index contributed by atoms with van der Waals surface area (Å²) in [6.07, 6.45) is 0. The number of carbonyl (C=O) groups excluding carboxylic acids is 1. The molecule has 0 radical (unpaired) electrons. The van der Waals surface area contributed by atoms with Gasteiger partial charge in [-0.15, -0.1) is 0 Å². The number of allylic oxidation sites excluding steroid dienone is 1. The van der Waals surface area contributed by atoms with E-state index in [0.29, 0.717) is 22.1 Å². The minimum atomic E-state index is -0.337. The third kappa shape index (κ3) is 3.99. The number of nitrogens with one attached hydrogen (secondary N) is 2. The molecule has 0 spiro atoms. The molecule has 1 unspecified atom stereocenters. The summed E-state index contributed by atoms with van der Waals surface area (Å²) < 4.78 is 6.31. The van der Waals surface area contributed by atoms with Gasteiger partial charge >= 0.3 is 0 Å². The van der Waals surface area contributed by atoms with E-state index in [2.05, 4.69) is 26.6 Å². The minimum Gasteiger partial charge on any atom is -0.495 e. The first kappa shape index (κ1) is 19.4. The molecule has 0 bridgehead atoms. The number of halogens is 1. The van der Waals surface area contributed by atoms with E-state index in [9.17, 15) is 4.79 Å². The van der Waals surface area contributed by atoms with Crippen molar-refractivity contribution in [2.45, 2.75) is 13.0 Å². The van der Waals surface area contributed by atoms with Crippen LogP contribution in [0.5, 0.6) is 5.75 Å². The van der Waals surface area contributed by atoms with Gasteiger partial charge in [0, 0.05) is 17.2 Å². The Morgan fingerprint density at radius 3 is 2.56 bits per heavy atom. The van der Waals surface area contributed by atoms with Crippen LogP contribution >= 0.6 is 28.1 Å². The summed E-state index contributed by atoms with van der Waals surface area (Å²) in [5.74, 6) is 0.406. The van der Waals surface area contributed by atoms with Crippen LogP contribution in [0, 0.1) is 0 Å². The molecule has 140 valence electrons. The highest BCUT2D eigenvalue weighted by Crippen LogP contribution is 2.32. The lowest BCUT2D eigenvalue weighted by Gasteiger charge is -2.35. The lowest BCUT2D eigenvalue weighted by molar-refractivity contribution is -0.113. The third-order valence-electron chi connectivity index (χ3n) is 4.56. The molecule has 0 saturated heterocycles. The Morgan fingerprint density at radius 1 is 1.22 bits per heavy atom. The second-order valence-electron chi connectivity index (χ2n) is 6.15. The number of amides is 1. The summed E-state index contributed by atoms with van der Waals surface area (Å²) in [6.45, 7) is 1.90. The van der Waals surface area contributed by atoms with Crippen molar-refractivity contribution in [3.63, 3.8) is 0 Å².